The van der Waals surface area contributed by atoms with Crippen LogP contribution in [0, 0.1) is 5.92 Å². The van der Waals surface area contributed by atoms with Gasteiger partial charge >= 0.3 is 5.69 Å². The highest BCUT2D eigenvalue weighted by atomic mass is 16.6. The van der Waals surface area contributed by atoms with Crippen molar-refractivity contribution in [1.29, 1.82) is 0 Å². The number of aromatic nitrogens is 2. The Morgan fingerprint density at radius 1 is 1.62 bits per heavy atom. The second-order valence-corrected chi connectivity index (χ2v) is 4.50. The lowest BCUT2D eigenvalue weighted by molar-refractivity contribution is -0.127. The van der Waals surface area contributed by atoms with Crippen LogP contribution >= 0.6 is 0 Å². The third-order valence-electron chi connectivity index (χ3n) is 3.33. The van der Waals surface area contributed by atoms with E-state index in [1.165, 1.54) is 12.3 Å². The van der Waals surface area contributed by atoms with Crippen molar-refractivity contribution in [3.05, 3.63) is 45.8 Å². The van der Waals surface area contributed by atoms with Gasteiger partial charge in [0, 0.05) is 12.3 Å². The summed E-state index contributed by atoms with van der Waals surface area (Å²) in [6.07, 6.45) is 0.217. The first kappa shape index (κ1) is 15.1. The standard InChI is InChI=1S/C11H15N5O5/c1-2-6-8(19)11(5-17,14-15-12)21-9(6)16-4-3-7(18)13-10(16)20/h2-4,6,8-9,17,19H,1,5H2,(H2,12,14)(H,13,18,20)/t6-,8-,9+,11+/m0/s1. The Balaban J connectivity index is 2.51. The number of aromatic amines is 1. The van der Waals surface area contributed by atoms with Crippen LogP contribution in [0.15, 0.2) is 44.8 Å². The molecule has 1 aliphatic rings. The molecule has 21 heavy (non-hydrogen) atoms. The number of rotatable bonds is 4. The van der Waals surface area contributed by atoms with Crippen LogP contribution in [0.4, 0.5) is 0 Å². The number of H-pyrrole nitrogens is 1. The lowest BCUT2D eigenvalue weighted by atomic mass is 9.96. The highest BCUT2D eigenvalue weighted by Gasteiger charge is 2.55. The molecule has 5 N–H and O–H groups in total. The Morgan fingerprint density at radius 3 is 2.86 bits per heavy atom. The molecule has 1 aliphatic heterocycles. The zero-order chi connectivity index (χ0) is 15.6. The number of nitrogens with one attached hydrogen (secondary N) is 1. The van der Waals surface area contributed by atoms with Gasteiger partial charge in [-0.05, 0) is 0 Å². The second-order valence-electron chi connectivity index (χ2n) is 4.50. The molecule has 1 saturated heterocycles. The van der Waals surface area contributed by atoms with Crippen LogP contribution in [-0.4, -0.2) is 38.2 Å². The monoisotopic (exact) mass is 297 g/mol. The lowest BCUT2D eigenvalue weighted by Gasteiger charge is -2.23. The lowest BCUT2D eigenvalue weighted by Crippen LogP contribution is -2.42. The van der Waals surface area contributed by atoms with E-state index in [0.29, 0.717) is 0 Å². The van der Waals surface area contributed by atoms with Gasteiger partial charge in [0.1, 0.15) is 12.3 Å². The first-order valence-corrected chi connectivity index (χ1v) is 6.02. The fraction of sp³-hybridized carbons (Fsp3) is 0.455. The van der Waals surface area contributed by atoms with Crippen LogP contribution in [0.5, 0.6) is 0 Å². The maximum absolute atomic E-state index is 11.8. The van der Waals surface area contributed by atoms with E-state index in [1.54, 1.807) is 0 Å². The molecule has 1 aromatic heterocycles. The van der Waals surface area contributed by atoms with Crippen molar-refractivity contribution < 1.29 is 14.9 Å². The quantitative estimate of drug-likeness (QED) is 0.223. The number of aliphatic hydroxyl groups is 2. The molecule has 2 heterocycles. The molecule has 114 valence electrons. The molecular weight excluding hydrogens is 282 g/mol. The molecule has 0 amide bonds. The molecule has 0 radical (unpaired) electrons. The van der Waals surface area contributed by atoms with Crippen molar-refractivity contribution in [3.63, 3.8) is 0 Å². The van der Waals surface area contributed by atoms with Crippen LogP contribution in [-0.2, 0) is 4.74 Å². The molecule has 10 nitrogen and oxygen atoms in total. The zero-order valence-corrected chi connectivity index (χ0v) is 10.9. The van der Waals surface area contributed by atoms with Crippen molar-refractivity contribution in [2.75, 3.05) is 6.61 Å². The zero-order valence-electron chi connectivity index (χ0n) is 10.9. The molecule has 0 saturated carbocycles. The van der Waals surface area contributed by atoms with Gasteiger partial charge in [0.25, 0.3) is 5.56 Å². The second kappa shape index (κ2) is 5.60. The van der Waals surface area contributed by atoms with E-state index in [0.717, 1.165) is 10.6 Å². The predicted molar refractivity (Wildman–Crippen MR) is 70.0 cm³/mol. The Kier molecular flexibility index (Phi) is 4.02. The Labute approximate surface area is 118 Å². The van der Waals surface area contributed by atoms with Gasteiger partial charge in [0.05, 0.1) is 12.5 Å². The van der Waals surface area contributed by atoms with Gasteiger partial charge < -0.3 is 20.8 Å². The molecule has 0 spiro atoms. The SMILES string of the molecule is C=C[C@@H]1[C@H](n2ccc(=O)[nH]c2=O)O[C@@](CO)(N=NN)[C@H]1O. The normalized spacial score (nSPS) is 32.6. The molecule has 0 bridgehead atoms. The van der Waals surface area contributed by atoms with Gasteiger partial charge in [0.2, 0.25) is 5.72 Å². The summed E-state index contributed by atoms with van der Waals surface area (Å²) in [6, 6.07) is 1.13. The molecule has 0 aliphatic carbocycles. The van der Waals surface area contributed by atoms with E-state index >= 15 is 0 Å². The third-order valence-corrected chi connectivity index (χ3v) is 3.33. The van der Waals surface area contributed by atoms with Crippen molar-refractivity contribution in [1.82, 2.24) is 9.55 Å². The van der Waals surface area contributed by atoms with Crippen LogP contribution in [0.2, 0.25) is 0 Å². The van der Waals surface area contributed by atoms with Crippen molar-refractivity contribution in [2.45, 2.75) is 18.1 Å². The molecule has 0 unspecified atom stereocenters. The minimum atomic E-state index is -1.80. The van der Waals surface area contributed by atoms with E-state index < -0.39 is 41.8 Å². The van der Waals surface area contributed by atoms with E-state index in [4.69, 9.17) is 10.6 Å². The first-order chi connectivity index (χ1) is 9.99. The smallest absolute Gasteiger partial charge is 0.330 e. The fourth-order valence-electron chi connectivity index (χ4n) is 2.27. The predicted octanol–water partition coefficient (Wildman–Crippen LogP) is -1.76. The average molecular weight is 297 g/mol. The number of nitrogens with two attached hydrogens (primary N) is 1. The minimum Gasteiger partial charge on any atom is -0.391 e. The van der Waals surface area contributed by atoms with Crippen LogP contribution in [0.25, 0.3) is 0 Å². The summed E-state index contributed by atoms with van der Waals surface area (Å²) in [7, 11) is 0. The topological polar surface area (TPSA) is 155 Å². The maximum atomic E-state index is 11.8. The van der Waals surface area contributed by atoms with Gasteiger partial charge in [-0.1, -0.05) is 11.3 Å². The van der Waals surface area contributed by atoms with Gasteiger partial charge in [-0.3, -0.25) is 14.3 Å². The van der Waals surface area contributed by atoms with Crippen molar-refractivity contribution in [3.8, 4) is 0 Å². The van der Waals surface area contributed by atoms with Gasteiger partial charge in [0.15, 0.2) is 0 Å². The molecule has 2 rings (SSSR count). The minimum absolute atomic E-state index is 0.569. The van der Waals surface area contributed by atoms with Gasteiger partial charge in [-0.25, -0.2) is 4.79 Å². The summed E-state index contributed by atoms with van der Waals surface area (Å²) in [5.74, 6) is 4.19. The summed E-state index contributed by atoms with van der Waals surface area (Å²) in [4.78, 5) is 25.0. The molecule has 4 atom stereocenters. The maximum Gasteiger partial charge on any atom is 0.330 e. The summed E-state index contributed by atoms with van der Waals surface area (Å²) in [5, 5.41) is 26.3. The number of nitrogens with zero attached hydrogens (tertiary/aromatic N) is 3. The number of ether oxygens (including phenoxy) is 1. The number of hydrogen-bond donors (Lipinski definition) is 4. The molecular formula is C11H15N5O5. The van der Waals surface area contributed by atoms with E-state index in [-0.39, 0.29) is 0 Å². The summed E-state index contributed by atoms with van der Waals surface area (Å²) >= 11 is 0. The highest BCUT2D eigenvalue weighted by Crippen LogP contribution is 2.42. The highest BCUT2D eigenvalue weighted by molar-refractivity contribution is 5.05. The molecule has 1 aromatic rings. The average Bonchev–Trinajstić information content (AvgIpc) is 2.72. The summed E-state index contributed by atoms with van der Waals surface area (Å²) in [5.41, 5.74) is -3.10. The number of hydrogen-bond acceptors (Lipinski definition) is 7. The van der Waals surface area contributed by atoms with Crippen LogP contribution in [0.3, 0.4) is 0 Å². The Hall–Kier alpha value is -2.30. The Morgan fingerprint density at radius 2 is 2.33 bits per heavy atom. The molecule has 0 aromatic carbocycles. The van der Waals surface area contributed by atoms with E-state index in [1.807, 2.05) is 0 Å². The third kappa shape index (κ3) is 2.39. The fourth-order valence-corrected chi connectivity index (χ4v) is 2.27. The first-order valence-electron chi connectivity index (χ1n) is 6.02. The van der Waals surface area contributed by atoms with Gasteiger partial charge in [-0.15, -0.1) is 11.7 Å². The molecule has 10 heteroatoms. The Bertz CT molecular complexity index is 667. The van der Waals surface area contributed by atoms with Crippen LogP contribution < -0.4 is 17.1 Å². The summed E-state index contributed by atoms with van der Waals surface area (Å²) in [6.45, 7) is 2.86. The van der Waals surface area contributed by atoms with Gasteiger partial charge in [-0.2, -0.15) is 0 Å². The molecule has 1 fully saturated rings. The largest absolute Gasteiger partial charge is 0.391 e. The van der Waals surface area contributed by atoms with E-state index in [2.05, 4.69) is 21.9 Å². The number of aliphatic hydroxyl groups excluding tert-OH is 2. The van der Waals surface area contributed by atoms with Crippen molar-refractivity contribution >= 4 is 0 Å². The van der Waals surface area contributed by atoms with Crippen LogP contribution in [0.1, 0.15) is 6.23 Å². The van der Waals surface area contributed by atoms with Crippen molar-refractivity contribution in [2.24, 2.45) is 22.1 Å². The van der Waals surface area contributed by atoms with E-state index in [9.17, 15) is 19.8 Å². The summed E-state index contributed by atoms with van der Waals surface area (Å²) < 4.78 is 6.55.